The highest BCUT2D eigenvalue weighted by molar-refractivity contribution is 14.0. The summed E-state index contributed by atoms with van der Waals surface area (Å²) in [5.74, 6) is 1.68. The molecule has 158 valence electrons. The molecule has 3 N–H and O–H groups in total. The lowest BCUT2D eigenvalue weighted by molar-refractivity contribution is -0.121. The van der Waals surface area contributed by atoms with Crippen molar-refractivity contribution in [1.82, 2.24) is 16.0 Å². The third-order valence-electron chi connectivity index (χ3n) is 4.58. The Morgan fingerprint density at radius 2 is 1.96 bits per heavy atom. The Morgan fingerprint density at radius 1 is 1.25 bits per heavy atom. The maximum atomic E-state index is 11.7. The summed E-state index contributed by atoms with van der Waals surface area (Å²) >= 11 is 0. The Kier molecular flexibility index (Phi) is 11.3. The van der Waals surface area contributed by atoms with E-state index >= 15 is 0 Å². The van der Waals surface area contributed by atoms with Gasteiger partial charge in [0.15, 0.2) is 5.96 Å². The van der Waals surface area contributed by atoms with Gasteiger partial charge >= 0.3 is 0 Å². The van der Waals surface area contributed by atoms with E-state index in [4.69, 9.17) is 4.74 Å². The van der Waals surface area contributed by atoms with Crippen LogP contribution in [-0.2, 0) is 11.3 Å². The average Bonchev–Trinajstić information content (AvgIpc) is 3.11. The van der Waals surface area contributed by atoms with Crippen molar-refractivity contribution in [3.8, 4) is 5.75 Å². The molecule has 1 amide bonds. The summed E-state index contributed by atoms with van der Waals surface area (Å²) in [6, 6.07) is 6.48. The predicted octanol–water partition coefficient (Wildman–Crippen LogP) is 3.51. The first-order valence-corrected chi connectivity index (χ1v) is 9.98. The van der Waals surface area contributed by atoms with Crippen molar-refractivity contribution in [2.45, 2.75) is 71.6 Å². The molecule has 0 bridgehead atoms. The summed E-state index contributed by atoms with van der Waals surface area (Å²) < 4.78 is 6.25. The monoisotopic (exact) mass is 502 g/mol. The lowest BCUT2D eigenvalue weighted by Gasteiger charge is -2.18. The van der Waals surface area contributed by atoms with Crippen LogP contribution < -0.4 is 20.7 Å². The molecule has 0 aliphatic heterocycles. The number of aliphatic imine (C=N–C) groups is 1. The Morgan fingerprint density at radius 3 is 2.61 bits per heavy atom. The van der Waals surface area contributed by atoms with Gasteiger partial charge in [0.05, 0.1) is 6.10 Å². The number of nitrogens with zero attached hydrogens (tertiary/aromatic N) is 1. The van der Waals surface area contributed by atoms with Crippen LogP contribution in [0.15, 0.2) is 23.2 Å². The summed E-state index contributed by atoms with van der Waals surface area (Å²) in [6.07, 6.45) is 5.54. The number of aryl methyl sites for hydroxylation is 1. The first kappa shape index (κ1) is 24.5. The molecule has 6 nitrogen and oxygen atoms in total. The van der Waals surface area contributed by atoms with Crippen LogP contribution in [0.4, 0.5) is 0 Å². The largest absolute Gasteiger partial charge is 0.490 e. The number of carbonyl (C=O) groups is 1. The number of amides is 1. The van der Waals surface area contributed by atoms with E-state index in [1.807, 2.05) is 13.8 Å². The van der Waals surface area contributed by atoms with Crippen molar-refractivity contribution in [2.24, 2.45) is 4.99 Å². The van der Waals surface area contributed by atoms with Crippen LogP contribution in [-0.4, -0.2) is 37.6 Å². The zero-order chi connectivity index (χ0) is 19.6. The van der Waals surface area contributed by atoms with Gasteiger partial charge in [-0.15, -0.1) is 24.0 Å². The second-order valence-electron chi connectivity index (χ2n) is 7.46. The maximum Gasteiger partial charge on any atom is 0.221 e. The van der Waals surface area contributed by atoms with E-state index in [0.29, 0.717) is 31.6 Å². The summed E-state index contributed by atoms with van der Waals surface area (Å²) in [4.78, 5) is 15.9. The molecule has 1 aromatic carbocycles. The van der Waals surface area contributed by atoms with Crippen molar-refractivity contribution in [3.63, 3.8) is 0 Å². The first-order valence-electron chi connectivity index (χ1n) is 9.98. The lowest BCUT2D eigenvalue weighted by atomic mass is 10.1. The van der Waals surface area contributed by atoms with Crippen molar-refractivity contribution in [3.05, 3.63) is 29.3 Å². The molecule has 1 aliphatic rings. The molecular weight excluding hydrogens is 467 g/mol. The Labute approximate surface area is 186 Å². The molecule has 1 aromatic rings. The van der Waals surface area contributed by atoms with Gasteiger partial charge in [0.25, 0.3) is 0 Å². The van der Waals surface area contributed by atoms with E-state index in [9.17, 15) is 4.79 Å². The van der Waals surface area contributed by atoms with Gasteiger partial charge in [0.1, 0.15) is 5.75 Å². The van der Waals surface area contributed by atoms with E-state index in [2.05, 4.69) is 46.1 Å². The molecular formula is C21H35IN4O2. The fraction of sp³-hybridized carbons (Fsp3) is 0.619. The number of halogens is 1. The Bertz CT molecular complexity index is 643. The normalized spacial score (nSPS) is 14.5. The Balaban J connectivity index is 0.00000392. The smallest absolute Gasteiger partial charge is 0.221 e. The van der Waals surface area contributed by atoms with E-state index < -0.39 is 0 Å². The second-order valence-corrected chi connectivity index (χ2v) is 7.46. The van der Waals surface area contributed by atoms with Crippen LogP contribution in [0.3, 0.4) is 0 Å². The van der Waals surface area contributed by atoms with Gasteiger partial charge < -0.3 is 20.7 Å². The molecule has 0 radical (unpaired) electrons. The SMILES string of the molecule is CN=C(NCCC(=O)NC(C)C)NCc1ccc(C)cc1OC1CCCC1.I. The van der Waals surface area contributed by atoms with Crippen molar-refractivity contribution >= 4 is 35.8 Å². The minimum absolute atomic E-state index is 0. The first-order chi connectivity index (χ1) is 13.0. The minimum atomic E-state index is 0. The van der Waals surface area contributed by atoms with Gasteiger partial charge in [0, 0.05) is 38.2 Å². The van der Waals surface area contributed by atoms with Crippen molar-refractivity contribution < 1.29 is 9.53 Å². The fourth-order valence-corrected chi connectivity index (χ4v) is 3.19. The molecule has 28 heavy (non-hydrogen) atoms. The molecule has 0 atom stereocenters. The van der Waals surface area contributed by atoms with Gasteiger partial charge in [-0.1, -0.05) is 12.1 Å². The van der Waals surface area contributed by atoms with Crippen LogP contribution in [0.2, 0.25) is 0 Å². The number of nitrogens with one attached hydrogen (secondary N) is 3. The summed E-state index contributed by atoms with van der Waals surface area (Å²) in [7, 11) is 1.73. The van der Waals surface area contributed by atoms with Crippen LogP contribution >= 0.6 is 24.0 Å². The number of hydrogen-bond acceptors (Lipinski definition) is 3. The van der Waals surface area contributed by atoms with Crippen LogP contribution in [0.5, 0.6) is 5.75 Å². The molecule has 1 fully saturated rings. The molecule has 0 spiro atoms. The minimum Gasteiger partial charge on any atom is -0.490 e. The predicted molar refractivity (Wildman–Crippen MR) is 126 cm³/mol. The molecule has 2 rings (SSSR count). The number of carbonyl (C=O) groups excluding carboxylic acids is 1. The molecule has 0 saturated heterocycles. The summed E-state index contributed by atoms with van der Waals surface area (Å²) in [5.41, 5.74) is 2.32. The topological polar surface area (TPSA) is 74.8 Å². The van der Waals surface area contributed by atoms with E-state index in [-0.39, 0.29) is 35.9 Å². The molecule has 7 heteroatoms. The molecule has 0 unspecified atom stereocenters. The molecule has 0 heterocycles. The van der Waals surface area contributed by atoms with Crippen molar-refractivity contribution in [2.75, 3.05) is 13.6 Å². The standard InChI is InChI=1S/C21H34N4O2.HI/c1-15(2)25-20(26)11-12-23-21(22-4)24-14-17-10-9-16(3)13-19(17)27-18-7-5-6-8-18;/h9-10,13,15,18H,5-8,11-12,14H2,1-4H3,(H,25,26)(H2,22,23,24);1H. The van der Waals surface area contributed by atoms with Gasteiger partial charge in [-0.05, 0) is 58.1 Å². The third-order valence-corrected chi connectivity index (χ3v) is 4.58. The van der Waals surface area contributed by atoms with E-state index in [0.717, 1.165) is 24.2 Å². The Hall–Kier alpha value is -1.51. The van der Waals surface area contributed by atoms with Gasteiger partial charge in [-0.3, -0.25) is 9.79 Å². The zero-order valence-electron chi connectivity index (χ0n) is 17.5. The number of guanidine groups is 1. The van der Waals surface area contributed by atoms with E-state index in [1.165, 1.54) is 18.4 Å². The second kappa shape index (κ2) is 12.9. The van der Waals surface area contributed by atoms with Crippen LogP contribution in [0, 0.1) is 6.92 Å². The highest BCUT2D eigenvalue weighted by Gasteiger charge is 2.18. The van der Waals surface area contributed by atoms with Crippen molar-refractivity contribution in [1.29, 1.82) is 0 Å². The van der Waals surface area contributed by atoms with Gasteiger partial charge in [-0.2, -0.15) is 0 Å². The average molecular weight is 502 g/mol. The number of ether oxygens (including phenoxy) is 1. The molecule has 1 aliphatic carbocycles. The maximum absolute atomic E-state index is 11.7. The summed E-state index contributed by atoms with van der Waals surface area (Å²) in [6.45, 7) is 7.16. The molecule has 0 aromatic heterocycles. The number of benzene rings is 1. The number of hydrogen-bond donors (Lipinski definition) is 3. The highest BCUT2D eigenvalue weighted by atomic mass is 127. The zero-order valence-corrected chi connectivity index (χ0v) is 19.8. The lowest BCUT2D eigenvalue weighted by Crippen LogP contribution is -2.39. The molecule has 1 saturated carbocycles. The van der Waals surface area contributed by atoms with E-state index in [1.54, 1.807) is 7.05 Å². The number of rotatable bonds is 8. The summed E-state index contributed by atoms with van der Waals surface area (Å²) in [5, 5.41) is 9.38. The quantitative estimate of drug-likeness (QED) is 0.289. The highest BCUT2D eigenvalue weighted by Crippen LogP contribution is 2.27. The van der Waals surface area contributed by atoms with Gasteiger partial charge in [-0.25, -0.2) is 0 Å². The van der Waals surface area contributed by atoms with Crippen LogP contribution in [0.25, 0.3) is 0 Å². The van der Waals surface area contributed by atoms with Gasteiger partial charge in [0.2, 0.25) is 5.91 Å². The van der Waals surface area contributed by atoms with Crippen LogP contribution in [0.1, 0.15) is 57.1 Å². The third kappa shape index (κ3) is 8.67. The fourth-order valence-electron chi connectivity index (χ4n) is 3.19.